The molecule has 0 aliphatic carbocycles. The number of hydrogen-bond acceptors (Lipinski definition) is 5. The lowest BCUT2D eigenvalue weighted by Gasteiger charge is -2.03. The van der Waals surface area contributed by atoms with E-state index in [9.17, 15) is 14.7 Å². The number of aromatic nitrogens is 2. The molecule has 2 N–H and O–H groups in total. The van der Waals surface area contributed by atoms with Crippen molar-refractivity contribution in [3.05, 3.63) is 71.1 Å². The maximum absolute atomic E-state index is 12.0. The average molecular weight is 339 g/mol. The molecule has 0 saturated carbocycles. The van der Waals surface area contributed by atoms with Crippen LogP contribution >= 0.6 is 11.3 Å². The number of hydrogen-bond donors (Lipinski definition) is 2. The highest BCUT2D eigenvalue weighted by atomic mass is 32.1. The molecular weight excluding hydrogens is 326 g/mol. The van der Waals surface area contributed by atoms with Crippen molar-refractivity contribution in [1.82, 2.24) is 15.3 Å². The third kappa shape index (κ3) is 3.47. The summed E-state index contributed by atoms with van der Waals surface area (Å²) in [6.45, 7) is 0.259. The second kappa shape index (κ2) is 7.01. The van der Waals surface area contributed by atoms with Gasteiger partial charge in [-0.1, -0.05) is 24.3 Å². The Hall–Kier alpha value is -3.06. The van der Waals surface area contributed by atoms with E-state index in [1.807, 2.05) is 0 Å². The van der Waals surface area contributed by atoms with Crippen LogP contribution in [-0.4, -0.2) is 27.0 Å². The number of aromatic carboxylic acids is 1. The topological polar surface area (TPSA) is 92.2 Å². The average Bonchev–Trinajstić information content (AvgIpc) is 3.09. The summed E-state index contributed by atoms with van der Waals surface area (Å²) in [7, 11) is 0. The first-order chi connectivity index (χ1) is 11.6. The second-order valence-corrected chi connectivity index (χ2v) is 5.98. The van der Waals surface area contributed by atoms with E-state index >= 15 is 0 Å². The van der Waals surface area contributed by atoms with E-state index in [2.05, 4.69) is 15.3 Å². The van der Waals surface area contributed by atoms with E-state index in [-0.39, 0.29) is 18.0 Å². The van der Waals surface area contributed by atoms with Gasteiger partial charge in [-0.25, -0.2) is 9.78 Å². The summed E-state index contributed by atoms with van der Waals surface area (Å²) in [6, 6.07) is 11.9. The van der Waals surface area contributed by atoms with Gasteiger partial charge in [-0.2, -0.15) is 0 Å². The highest BCUT2D eigenvalue weighted by Crippen LogP contribution is 2.29. The number of benzene rings is 1. The number of rotatable bonds is 5. The van der Waals surface area contributed by atoms with Crippen molar-refractivity contribution in [3.63, 3.8) is 0 Å². The summed E-state index contributed by atoms with van der Waals surface area (Å²) >= 11 is 1.35. The van der Waals surface area contributed by atoms with Gasteiger partial charge < -0.3 is 10.4 Å². The fourth-order valence-corrected chi connectivity index (χ4v) is 3.04. The van der Waals surface area contributed by atoms with Crippen molar-refractivity contribution in [2.24, 2.45) is 0 Å². The Morgan fingerprint density at radius 2 is 1.88 bits per heavy atom. The van der Waals surface area contributed by atoms with Crippen LogP contribution in [0.4, 0.5) is 0 Å². The normalized spacial score (nSPS) is 10.3. The van der Waals surface area contributed by atoms with Crippen LogP contribution in [0.3, 0.4) is 0 Å². The van der Waals surface area contributed by atoms with Gasteiger partial charge in [0.25, 0.3) is 5.91 Å². The molecule has 3 rings (SSSR count). The summed E-state index contributed by atoms with van der Waals surface area (Å²) in [5.41, 5.74) is 1.18. The third-order valence-corrected chi connectivity index (χ3v) is 4.30. The summed E-state index contributed by atoms with van der Waals surface area (Å²) in [4.78, 5) is 32.2. The molecule has 6 nitrogen and oxygen atoms in total. The molecule has 0 bridgehead atoms. The summed E-state index contributed by atoms with van der Waals surface area (Å²) in [5, 5.41) is 12.7. The van der Waals surface area contributed by atoms with Crippen LogP contribution < -0.4 is 5.32 Å². The minimum Gasteiger partial charge on any atom is -0.478 e. The summed E-state index contributed by atoms with van der Waals surface area (Å²) in [5.74, 6) is -1.26. The number of nitrogens with one attached hydrogen (secondary N) is 1. The fourth-order valence-electron chi connectivity index (χ4n) is 2.14. The largest absolute Gasteiger partial charge is 0.478 e. The lowest BCUT2D eigenvalue weighted by Crippen LogP contribution is -2.23. The minimum atomic E-state index is -0.982. The van der Waals surface area contributed by atoms with Crippen LogP contribution in [0, 0.1) is 0 Å². The Bertz CT molecular complexity index is 878. The van der Waals surface area contributed by atoms with Crippen molar-refractivity contribution >= 4 is 23.2 Å². The third-order valence-electron chi connectivity index (χ3n) is 3.27. The Morgan fingerprint density at radius 1 is 1.08 bits per heavy atom. The van der Waals surface area contributed by atoms with Crippen LogP contribution in [0.1, 0.15) is 25.9 Å². The van der Waals surface area contributed by atoms with Gasteiger partial charge in [-0.15, -0.1) is 11.3 Å². The Balaban J connectivity index is 1.73. The molecule has 0 atom stereocenters. The van der Waals surface area contributed by atoms with Gasteiger partial charge in [0, 0.05) is 18.0 Å². The van der Waals surface area contributed by atoms with Crippen LogP contribution in [0.5, 0.6) is 0 Å². The molecule has 0 radical (unpaired) electrons. The molecule has 0 saturated heterocycles. The van der Waals surface area contributed by atoms with E-state index < -0.39 is 5.97 Å². The van der Waals surface area contributed by atoms with E-state index in [4.69, 9.17) is 0 Å². The van der Waals surface area contributed by atoms with E-state index in [1.54, 1.807) is 54.9 Å². The van der Waals surface area contributed by atoms with Crippen molar-refractivity contribution in [2.75, 3.05) is 0 Å². The maximum atomic E-state index is 12.0. The van der Waals surface area contributed by atoms with Gasteiger partial charge in [-0.3, -0.25) is 9.78 Å². The lowest BCUT2D eigenvalue weighted by molar-refractivity contribution is 0.0697. The molecule has 0 aliphatic rings. The van der Waals surface area contributed by atoms with Crippen molar-refractivity contribution in [2.45, 2.75) is 6.54 Å². The van der Waals surface area contributed by atoms with Crippen LogP contribution in [-0.2, 0) is 6.54 Å². The van der Waals surface area contributed by atoms with Gasteiger partial charge >= 0.3 is 5.97 Å². The molecule has 120 valence electrons. The number of carbonyl (C=O) groups is 2. The lowest BCUT2D eigenvalue weighted by atomic mass is 10.1. The Morgan fingerprint density at radius 3 is 2.62 bits per heavy atom. The van der Waals surface area contributed by atoms with E-state index in [0.29, 0.717) is 16.3 Å². The predicted molar refractivity (Wildman–Crippen MR) is 89.9 cm³/mol. The van der Waals surface area contributed by atoms with Crippen LogP contribution in [0.15, 0.2) is 54.9 Å². The Labute approximate surface area is 141 Å². The van der Waals surface area contributed by atoms with Crippen molar-refractivity contribution < 1.29 is 14.7 Å². The van der Waals surface area contributed by atoms with Crippen molar-refractivity contribution in [1.29, 1.82) is 0 Å². The quantitative estimate of drug-likeness (QED) is 0.746. The first kappa shape index (κ1) is 15.8. The molecule has 0 fully saturated rings. The molecule has 2 aromatic heterocycles. The van der Waals surface area contributed by atoms with Crippen LogP contribution in [0.2, 0.25) is 0 Å². The Kier molecular flexibility index (Phi) is 4.62. The number of thiazole rings is 1. The highest BCUT2D eigenvalue weighted by molar-refractivity contribution is 7.15. The smallest absolute Gasteiger partial charge is 0.336 e. The molecule has 1 aromatic carbocycles. The first-order valence-electron chi connectivity index (χ1n) is 7.12. The monoisotopic (exact) mass is 339 g/mol. The zero-order valence-electron chi connectivity index (χ0n) is 12.5. The molecular formula is C17H13N3O3S. The SMILES string of the molecule is O=C(NCc1ncc(-c2ccccc2C(=O)O)s1)c1ccccn1. The predicted octanol–water partition coefficient (Wildman–Crippen LogP) is 2.83. The van der Waals surface area contributed by atoms with Gasteiger partial charge in [-0.05, 0) is 18.2 Å². The van der Waals surface area contributed by atoms with Crippen LogP contribution in [0.25, 0.3) is 10.4 Å². The standard InChI is InChI=1S/C17H13N3O3S/c21-16(13-7-3-4-8-18-13)20-10-15-19-9-14(24-15)11-5-1-2-6-12(11)17(22)23/h1-9H,10H2,(H,20,21)(H,22,23). The van der Waals surface area contributed by atoms with Gasteiger partial charge in [0.2, 0.25) is 0 Å². The van der Waals surface area contributed by atoms with Crippen molar-refractivity contribution in [3.8, 4) is 10.4 Å². The first-order valence-corrected chi connectivity index (χ1v) is 7.93. The molecule has 0 unspecified atom stereocenters. The molecule has 0 spiro atoms. The highest BCUT2D eigenvalue weighted by Gasteiger charge is 2.14. The van der Waals surface area contributed by atoms with Gasteiger partial charge in [0.1, 0.15) is 10.7 Å². The summed E-state index contributed by atoms with van der Waals surface area (Å²) in [6.07, 6.45) is 3.17. The zero-order valence-corrected chi connectivity index (χ0v) is 13.3. The van der Waals surface area contributed by atoms with Gasteiger partial charge in [0.15, 0.2) is 0 Å². The summed E-state index contributed by atoms with van der Waals surface area (Å²) < 4.78 is 0. The fraction of sp³-hybridized carbons (Fsp3) is 0.0588. The second-order valence-electron chi connectivity index (χ2n) is 4.87. The number of pyridine rings is 1. The maximum Gasteiger partial charge on any atom is 0.336 e. The molecule has 24 heavy (non-hydrogen) atoms. The minimum absolute atomic E-state index is 0.227. The molecule has 0 aliphatic heterocycles. The number of carboxylic acids is 1. The van der Waals surface area contributed by atoms with E-state index in [1.165, 1.54) is 11.3 Å². The number of carbonyl (C=O) groups excluding carboxylic acids is 1. The number of nitrogens with zero attached hydrogens (tertiary/aromatic N) is 2. The number of carboxylic acid groups (broad SMARTS) is 1. The van der Waals surface area contributed by atoms with Gasteiger partial charge in [0.05, 0.1) is 17.0 Å². The molecule has 7 heteroatoms. The molecule has 3 aromatic rings. The molecule has 2 heterocycles. The number of amides is 1. The van der Waals surface area contributed by atoms with E-state index in [0.717, 1.165) is 4.88 Å². The zero-order chi connectivity index (χ0) is 16.9. The molecule has 1 amide bonds.